The Hall–Kier alpha value is -4.59. The minimum atomic E-state index is -0.447. The topological polar surface area (TPSA) is 113 Å². The fourth-order valence-electron chi connectivity index (χ4n) is 3.32. The smallest absolute Gasteiger partial charge is 0.243 e. The first kappa shape index (κ1) is 22.6. The van der Waals surface area contributed by atoms with Crippen LogP contribution < -0.4 is 16.0 Å². The minimum Gasteiger partial charge on any atom is -0.347 e. The first-order valence-electron chi connectivity index (χ1n) is 10.8. The molecule has 1 heterocycles. The van der Waals surface area contributed by atoms with Crippen molar-refractivity contribution in [2.75, 3.05) is 18.4 Å². The number of benzene rings is 3. The normalized spacial score (nSPS) is 10.5. The van der Waals surface area contributed by atoms with Crippen LogP contribution in [0.3, 0.4) is 0 Å². The monoisotopic (exact) mass is 453 g/mol. The first-order valence-corrected chi connectivity index (χ1v) is 10.8. The fourth-order valence-corrected chi connectivity index (χ4v) is 3.32. The van der Waals surface area contributed by atoms with E-state index < -0.39 is 5.91 Å². The molecule has 0 atom stereocenters. The van der Waals surface area contributed by atoms with Crippen LogP contribution in [0, 0.1) is 0 Å². The SMILES string of the molecule is O=C(CNC(=O)Cc1ccccc1)NCC(=O)Nc1cccc(-c2cnc3ccccc3n2)c1. The minimum absolute atomic E-state index is 0.187. The van der Waals surface area contributed by atoms with Crippen molar-refractivity contribution in [3.63, 3.8) is 0 Å². The van der Waals surface area contributed by atoms with Crippen LogP contribution >= 0.6 is 0 Å². The highest BCUT2D eigenvalue weighted by Gasteiger charge is 2.10. The molecule has 0 spiro atoms. The van der Waals surface area contributed by atoms with Gasteiger partial charge in [0, 0.05) is 11.3 Å². The lowest BCUT2D eigenvalue weighted by Gasteiger charge is -2.09. The number of hydrogen-bond acceptors (Lipinski definition) is 5. The molecular formula is C26H23N5O3. The summed E-state index contributed by atoms with van der Waals surface area (Å²) in [5.41, 5.74) is 4.52. The van der Waals surface area contributed by atoms with E-state index >= 15 is 0 Å². The Morgan fingerprint density at radius 1 is 0.706 bits per heavy atom. The van der Waals surface area contributed by atoms with E-state index in [9.17, 15) is 14.4 Å². The fraction of sp³-hybridized carbons (Fsp3) is 0.115. The van der Waals surface area contributed by atoms with E-state index in [1.807, 2.05) is 66.7 Å². The summed E-state index contributed by atoms with van der Waals surface area (Å²) < 4.78 is 0. The molecule has 4 rings (SSSR count). The van der Waals surface area contributed by atoms with E-state index in [0.717, 1.165) is 22.2 Å². The van der Waals surface area contributed by atoms with E-state index in [1.165, 1.54) is 0 Å². The zero-order valence-electron chi connectivity index (χ0n) is 18.3. The second-order valence-electron chi connectivity index (χ2n) is 7.59. The predicted molar refractivity (Wildman–Crippen MR) is 130 cm³/mol. The number of aromatic nitrogens is 2. The molecule has 0 unspecified atom stereocenters. The average Bonchev–Trinajstić information content (AvgIpc) is 2.87. The zero-order valence-corrected chi connectivity index (χ0v) is 18.3. The third-order valence-electron chi connectivity index (χ3n) is 4.99. The molecule has 170 valence electrons. The predicted octanol–water partition coefficient (Wildman–Crippen LogP) is 2.71. The van der Waals surface area contributed by atoms with Crippen molar-refractivity contribution in [3.8, 4) is 11.3 Å². The molecule has 1 aromatic heterocycles. The lowest BCUT2D eigenvalue weighted by Crippen LogP contribution is -2.40. The molecule has 4 aromatic rings. The summed E-state index contributed by atoms with van der Waals surface area (Å²) >= 11 is 0. The van der Waals surface area contributed by atoms with E-state index in [-0.39, 0.29) is 31.3 Å². The Morgan fingerprint density at radius 2 is 1.41 bits per heavy atom. The van der Waals surface area contributed by atoms with Crippen molar-refractivity contribution in [3.05, 3.63) is 90.6 Å². The molecule has 0 aliphatic rings. The summed E-state index contributed by atoms with van der Waals surface area (Å²) in [6.07, 6.45) is 1.88. The second kappa shape index (κ2) is 10.8. The van der Waals surface area contributed by atoms with Crippen LogP contribution in [0.4, 0.5) is 5.69 Å². The molecule has 0 saturated heterocycles. The lowest BCUT2D eigenvalue weighted by atomic mass is 10.1. The van der Waals surface area contributed by atoms with E-state index in [0.29, 0.717) is 11.4 Å². The standard InChI is InChI=1S/C26H23N5O3/c32-24(13-18-7-2-1-3-8-18)28-16-25(33)29-17-26(34)30-20-10-6-9-19(14-20)23-15-27-21-11-4-5-12-22(21)31-23/h1-12,14-15H,13,16-17H2,(H,28,32)(H,29,33)(H,30,34). The van der Waals surface area contributed by atoms with E-state index in [4.69, 9.17) is 0 Å². The van der Waals surface area contributed by atoms with Gasteiger partial charge in [-0.05, 0) is 29.8 Å². The third kappa shape index (κ3) is 6.23. The first-order chi connectivity index (χ1) is 16.6. The van der Waals surface area contributed by atoms with Crippen LogP contribution in [0.5, 0.6) is 0 Å². The molecule has 0 saturated carbocycles. The lowest BCUT2D eigenvalue weighted by molar-refractivity contribution is -0.126. The maximum absolute atomic E-state index is 12.3. The highest BCUT2D eigenvalue weighted by Crippen LogP contribution is 2.22. The van der Waals surface area contributed by atoms with Gasteiger partial charge in [-0.2, -0.15) is 0 Å². The molecule has 0 aliphatic carbocycles. The maximum atomic E-state index is 12.3. The molecule has 0 bridgehead atoms. The van der Waals surface area contributed by atoms with Crippen LogP contribution in [0.1, 0.15) is 5.56 Å². The highest BCUT2D eigenvalue weighted by atomic mass is 16.2. The molecule has 8 nitrogen and oxygen atoms in total. The van der Waals surface area contributed by atoms with Crippen molar-refractivity contribution >= 4 is 34.4 Å². The quantitative estimate of drug-likeness (QED) is 0.380. The summed E-state index contributed by atoms with van der Waals surface area (Å²) in [5, 5.41) is 7.80. The van der Waals surface area contributed by atoms with Gasteiger partial charge in [0.25, 0.3) is 0 Å². The van der Waals surface area contributed by atoms with Crippen molar-refractivity contribution in [2.24, 2.45) is 0 Å². The van der Waals surface area contributed by atoms with Gasteiger partial charge in [0.15, 0.2) is 0 Å². The summed E-state index contributed by atoms with van der Waals surface area (Å²) in [4.78, 5) is 45.2. The number of nitrogens with one attached hydrogen (secondary N) is 3. The molecular weight excluding hydrogens is 430 g/mol. The van der Waals surface area contributed by atoms with Crippen LogP contribution in [-0.2, 0) is 20.8 Å². The number of fused-ring (bicyclic) bond motifs is 1. The van der Waals surface area contributed by atoms with Crippen molar-refractivity contribution in [1.29, 1.82) is 0 Å². The van der Waals surface area contributed by atoms with Gasteiger partial charge >= 0.3 is 0 Å². The Labute approximate surface area is 196 Å². The molecule has 0 radical (unpaired) electrons. The number of hydrogen-bond donors (Lipinski definition) is 3. The number of carbonyl (C=O) groups is 3. The summed E-state index contributed by atoms with van der Waals surface area (Å²) in [7, 11) is 0. The molecule has 3 amide bonds. The van der Waals surface area contributed by atoms with Crippen LogP contribution in [0.15, 0.2) is 85.1 Å². The molecule has 0 fully saturated rings. The van der Waals surface area contributed by atoms with Gasteiger partial charge in [-0.3, -0.25) is 19.4 Å². The van der Waals surface area contributed by atoms with Gasteiger partial charge in [0.1, 0.15) is 0 Å². The molecule has 34 heavy (non-hydrogen) atoms. The summed E-state index contributed by atoms with van der Waals surface area (Å²) in [5.74, 6) is -1.10. The molecule has 8 heteroatoms. The zero-order chi connectivity index (χ0) is 23.8. The molecule has 0 aliphatic heterocycles. The Kier molecular flexibility index (Phi) is 7.19. The second-order valence-corrected chi connectivity index (χ2v) is 7.59. The Morgan fingerprint density at radius 3 is 2.24 bits per heavy atom. The van der Waals surface area contributed by atoms with Gasteiger partial charge in [-0.1, -0.05) is 54.6 Å². The highest BCUT2D eigenvalue weighted by molar-refractivity contribution is 5.95. The average molecular weight is 454 g/mol. The summed E-state index contributed by atoms with van der Waals surface area (Å²) in [6.45, 7) is -0.414. The van der Waals surface area contributed by atoms with Crippen molar-refractivity contribution < 1.29 is 14.4 Å². The van der Waals surface area contributed by atoms with Gasteiger partial charge in [-0.15, -0.1) is 0 Å². The van der Waals surface area contributed by atoms with Crippen molar-refractivity contribution in [2.45, 2.75) is 6.42 Å². The van der Waals surface area contributed by atoms with Crippen LogP contribution in [-0.4, -0.2) is 40.8 Å². The van der Waals surface area contributed by atoms with Gasteiger partial charge in [0.2, 0.25) is 17.7 Å². The number of carbonyl (C=O) groups excluding carboxylic acids is 3. The van der Waals surface area contributed by atoms with Crippen molar-refractivity contribution in [1.82, 2.24) is 20.6 Å². The maximum Gasteiger partial charge on any atom is 0.243 e. The number of nitrogens with zero attached hydrogens (tertiary/aromatic N) is 2. The van der Waals surface area contributed by atoms with Gasteiger partial charge in [-0.25, -0.2) is 4.98 Å². The Bertz CT molecular complexity index is 1320. The van der Waals surface area contributed by atoms with Crippen LogP contribution in [0.2, 0.25) is 0 Å². The molecule has 3 N–H and O–H groups in total. The third-order valence-corrected chi connectivity index (χ3v) is 4.99. The van der Waals surface area contributed by atoms with E-state index in [2.05, 4.69) is 25.9 Å². The number of amides is 3. The van der Waals surface area contributed by atoms with Gasteiger partial charge in [0.05, 0.1) is 42.4 Å². The largest absolute Gasteiger partial charge is 0.347 e. The molecule has 3 aromatic carbocycles. The number of anilines is 1. The number of para-hydroxylation sites is 2. The van der Waals surface area contributed by atoms with Gasteiger partial charge < -0.3 is 16.0 Å². The van der Waals surface area contributed by atoms with E-state index in [1.54, 1.807) is 18.3 Å². The Balaban J connectivity index is 1.26. The number of rotatable bonds is 8. The summed E-state index contributed by atoms with van der Waals surface area (Å²) in [6, 6.07) is 24.1. The van der Waals surface area contributed by atoms with Crippen LogP contribution in [0.25, 0.3) is 22.3 Å².